The Bertz CT molecular complexity index is 1580. The minimum absolute atomic E-state index is 0.131. The van der Waals surface area contributed by atoms with Gasteiger partial charge in [0.25, 0.3) is 5.91 Å². The van der Waals surface area contributed by atoms with E-state index in [1.807, 2.05) is 39.0 Å². The minimum Gasteiger partial charge on any atom is -0.460 e. The minimum atomic E-state index is -0.949. The molecule has 1 aromatic heterocycles. The molecular weight excluding hydrogens is 644 g/mol. The van der Waals surface area contributed by atoms with Crippen molar-refractivity contribution >= 4 is 47.0 Å². The number of carbonyl (C=O) groups is 5. The number of nitrogens with one attached hydrogen (secondary N) is 3. The van der Waals surface area contributed by atoms with E-state index in [9.17, 15) is 24.0 Å². The molecule has 2 heterocycles. The smallest absolute Gasteiger partial charge is 0.408 e. The molecular formula is C36H52N6O8. The molecule has 1 saturated heterocycles. The standard InChI is InChI=1S/C36H52N6O8/c1-21(2)30(40-34(47)50-36(8,9)10)31(44)38-22(3)32(45)42-18-12-14-26(41-42)33(46)48-23(4)28-20-37-25-17-16-24(19-27(25)39-28)13-11-15-29(43)49-35(5,6)7/h11,13,16-17,19-23,26,30,41H,12,14-15,18H2,1-10H3,(H,38,44)(H,40,47)/b13-11+/t22?,23-,26+,30?/m1/s1. The highest BCUT2D eigenvalue weighted by Crippen LogP contribution is 2.21. The largest absolute Gasteiger partial charge is 0.460 e. The number of esters is 2. The third-order valence-corrected chi connectivity index (χ3v) is 7.40. The molecule has 0 spiro atoms. The number of rotatable bonds is 11. The van der Waals surface area contributed by atoms with Gasteiger partial charge in [-0.2, -0.15) is 0 Å². The van der Waals surface area contributed by atoms with Crippen LogP contribution < -0.4 is 16.1 Å². The summed E-state index contributed by atoms with van der Waals surface area (Å²) in [6, 6.07) is 2.83. The van der Waals surface area contributed by atoms with Crippen LogP contribution in [-0.2, 0) is 33.4 Å². The average molecular weight is 697 g/mol. The molecule has 3 N–H and O–H groups in total. The van der Waals surface area contributed by atoms with Gasteiger partial charge in [0.15, 0.2) is 0 Å². The molecule has 0 aliphatic carbocycles. The number of alkyl carbamates (subject to hydrolysis) is 1. The quantitative estimate of drug-likeness (QED) is 0.222. The van der Waals surface area contributed by atoms with Gasteiger partial charge in [-0.25, -0.2) is 15.2 Å². The van der Waals surface area contributed by atoms with Crippen molar-refractivity contribution in [3.63, 3.8) is 0 Å². The molecule has 3 amide bonds. The van der Waals surface area contributed by atoms with Crippen molar-refractivity contribution in [1.29, 1.82) is 0 Å². The van der Waals surface area contributed by atoms with Crippen LogP contribution in [0, 0.1) is 5.92 Å². The molecule has 0 saturated carbocycles. The molecule has 14 heteroatoms. The molecule has 1 fully saturated rings. The van der Waals surface area contributed by atoms with Crippen molar-refractivity contribution in [1.82, 2.24) is 31.0 Å². The summed E-state index contributed by atoms with van der Waals surface area (Å²) in [6.07, 6.45) is 4.71. The lowest BCUT2D eigenvalue weighted by Gasteiger charge is -2.35. The van der Waals surface area contributed by atoms with Gasteiger partial charge in [0.05, 0.1) is 29.3 Å². The van der Waals surface area contributed by atoms with E-state index in [0.29, 0.717) is 36.1 Å². The van der Waals surface area contributed by atoms with E-state index in [1.165, 1.54) is 11.9 Å². The Morgan fingerprint density at radius 1 is 0.980 bits per heavy atom. The zero-order chi connectivity index (χ0) is 37.4. The second kappa shape index (κ2) is 16.9. The summed E-state index contributed by atoms with van der Waals surface area (Å²) >= 11 is 0. The zero-order valence-corrected chi connectivity index (χ0v) is 30.8. The van der Waals surface area contributed by atoms with Gasteiger partial charge in [0.1, 0.15) is 35.4 Å². The Balaban J connectivity index is 1.59. The monoisotopic (exact) mass is 696 g/mol. The summed E-state index contributed by atoms with van der Waals surface area (Å²) in [5.41, 5.74) is 4.16. The molecule has 1 aliphatic rings. The molecule has 50 heavy (non-hydrogen) atoms. The lowest BCUT2D eigenvalue weighted by molar-refractivity contribution is -0.157. The number of carbonyl (C=O) groups excluding carboxylic acids is 5. The highest BCUT2D eigenvalue weighted by Gasteiger charge is 2.34. The van der Waals surface area contributed by atoms with Crippen molar-refractivity contribution in [3.8, 4) is 0 Å². The average Bonchev–Trinajstić information content (AvgIpc) is 3.01. The first-order valence-electron chi connectivity index (χ1n) is 17.0. The summed E-state index contributed by atoms with van der Waals surface area (Å²) in [4.78, 5) is 73.0. The van der Waals surface area contributed by atoms with Gasteiger partial charge in [-0.15, -0.1) is 0 Å². The predicted octanol–water partition coefficient (Wildman–Crippen LogP) is 4.53. The number of nitrogens with zero attached hydrogens (tertiary/aromatic N) is 3. The summed E-state index contributed by atoms with van der Waals surface area (Å²) < 4.78 is 16.4. The van der Waals surface area contributed by atoms with Crippen LogP contribution in [0.4, 0.5) is 4.79 Å². The van der Waals surface area contributed by atoms with Crippen LogP contribution in [-0.4, -0.2) is 80.7 Å². The van der Waals surface area contributed by atoms with Crippen LogP contribution in [0.2, 0.25) is 0 Å². The second-order valence-corrected chi connectivity index (χ2v) is 14.7. The maximum Gasteiger partial charge on any atom is 0.408 e. The highest BCUT2D eigenvalue weighted by atomic mass is 16.6. The first-order valence-corrected chi connectivity index (χ1v) is 17.0. The SMILES string of the molecule is CC(NC(=O)C(NC(=O)OC(C)(C)C)C(C)C)C(=O)N1CCC[C@@H](C(=O)O[C@H](C)c2cnc3ccc(/C=C/CC(=O)OC(C)(C)C)cc3n2)N1. The third-order valence-electron chi connectivity index (χ3n) is 7.40. The van der Waals surface area contributed by atoms with Crippen LogP contribution in [0.3, 0.4) is 0 Å². The van der Waals surface area contributed by atoms with Gasteiger partial charge in [-0.3, -0.25) is 29.2 Å². The van der Waals surface area contributed by atoms with Gasteiger partial charge in [0, 0.05) is 6.54 Å². The number of ether oxygens (including phenoxy) is 3. The van der Waals surface area contributed by atoms with E-state index < -0.39 is 59.3 Å². The van der Waals surface area contributed by atoms with Crippen LogP contribution in [0.15, 0.2) is 30.5 Å². The molecule has 1 aliphatic heterocycles. The number of hydrogen-bond acceptors (Lipinski definition) is 11. The van der Waals surface area contributed by atoms with Crippen LogP contribution in [0.5, 0.6) is 0 Å². The first kappa shape index (κ1) is 39.8. The van der Waals surface area contributed by atoms with Crippen molar-refractivity contribution < 1.29 is 38.2 Å². The van der Waals surface area contributed by atoms with Crippen molar-refractivity contribution in [2.75, 3.05) is 6.54 Å². The Morgan fingerprint density at radius 2 is 1.66 bits per heavy atom. The Labute approximate surface area is 294 Å². The van der Waals surface area contributed by atoms with E-state index in [-0.39, 0.29) is 18.3 Å². The summed E-state index contributed by atoms with van der Waals surface area (Å²) in [5.74, 6) is -2.14. The summed E-state index contributed by atoms with van der Waals surface area (Å²) in [6.45, 7) is 17.7. The Hall–Kier alpha value is -4.59. The maximum absolute atomic E-state index is 13.3. The van der Waals surface area contributed by atoms with Gasteiger partial charge in [0.2, 0.25) is 5.91 Å². The van der Waals surface area contributed by atoms with Gasteiger partial charge in [-0.1, -0.05) is 32.1 Å². The molecule has 4 atom stereocenters. The molecule has 0 radical (unpaired) electrons. The van der Waals surface area contributed by atoms with Gasteiger partial charge < -0.3 is 24.8 Å². The molecule has 1 aromatic carbocycles. The normalized spacial score (nSPS) is 17.2. The van der Waals surface area contributed by atoms with E-state index in [1.54, 1.807) is 59.9 Å². The lowest BCUT2D eigenvalue weighted by Crippen LogP contribution is -2.61. The maximum atomic E-state index is 13.3. The zero-order valence-electron chi connectivity index (χ0n) is 30.8. The molecule has 2 unspecified atom stereocenters. The van der Waals surface area contributed by atoms with Crippen molar-refractivity contribution in [2.24, 2.45) is 5.92 Å². The number of fused-ring (bicyclic) bond motifs is 1. The number of amides is 3. The topological polar surface area (TPSA) is 178 Å². The fraction of sp³-hybridized carbons (Fsp3) is 0.583. The fourth-order valence-electron chi connectivity index (χ4n) is 5.02. The second-order valence-electron chi connectivity index (χ2n) is 14.7. The highest BCUT2D eigenvalue weighted by molar-refractivity contribution is 5.91. The van der Waals surface area contributed by atoms with Gasteiger partial charge >= 0.3 is 18.0 Å². The van der Waals surface area contributed by atoms with E-state index in [0.717, 1.165) is 5.56 Å². The lowest BCUT2D eigenvalue weighted by atomic mass is 10.0. The fourth-order valence-corrected chi connectivity index (χ4v) is 5.02. The molecule has 274 valence electrons. The third kappa shape index (κ3) is 12.4. The summed E-state index contributed by atoms with van der Waals surface area (Å²) in [7, 11) is 0. The van der Waals surface area contributed by atoms with Crippen molar-refractivity contribution in [3.05, 3.63) is 41.7 Å². The summed E-state index contributed by atoms with van der Waals surface area (Å²) in [5, 5.41) is 6.56. The van der Waals surface area contributed by atoms with Gasteiger partial charge in [-0.05, 0) is 91.8 Å². The Morgan fingerprint density at radius 3 is 2.30 bits per heavy atom. The van der Waals surface area contributed by atoms with E-state index in [2.05, 4.69) is 26.0 Å². The predicted molar refractivity (Wildman–Crippen MR) is 187 cm³/mol. The number of benzene rings is 1. The number of hydrogen-bond donors (Lipinski definition) is 3. The van der Waals surface area contributed by atoms with Crippen LogP contribution in [0.25, 0.3) is 17.1 Å². The molecule has 0 bridgehead atoms. The first-order chi connectivity index (χ1) is 23.2. The van der Waals surface area contributed by atoms with E-state index >= 15 is 0 Å². The van der Waals surface area contributed by atoms with E-state index in [4.69, 9.17) is 14.2 Å². The molecule has 2 aromatic rings. The van der Waals surface area contributed by atoms with Crippen molar-refractivity contribution in [2.45, 2.75) is 124 Å². The van der Waals surface area contributed by atoms with Crippen LogP contribution in [0.1, 0.15) is 106 Å². The Kier molecular flexibility index (Phi) is 13.5. The molecule has 3 rings (SSSR count). The number of hydrazine groups is 1. The van der Waals surface area contributed by atoms with Crippen LogP contribution >= 0.6 is 0 Å². The molecule has 14 nitrogen and oxygen atoms in total. The number of aromatic nitrogens is 2.